The Hall–Kier alpha value is -0.430. The van der Waals surface area contributed by atoms with Gasteiger partial charge in [-0.1, -0.05) is 77.6 Å². The van der Waals surface area contributed by atoms with Crippen molar-refractivity contribution in [1.82, 2.24) is 0 Å². The van der Waals surface area contributed by atoms with Crippen LogP contribution in [0.25, 0.3) is 0 Å². The van der Waals surface area contributed by atoms with E-state index in [1.807, 2.05) is 27.2 Å². The van der Waals surface area contributed by atoms with E-state index >= 15 is 0 Å². The van der Waals surface area contributed by atoms with Crippen LogP contribution >= 0.6 is 7.82 Å². The standard InChI is InChI=1S/C24H50NO6P/c1-5-6-7-8-9-10-11-12-13-14-15-16-17-18-20-29-22-24(26)23-31-32(27,28)30-21-19-25(2,3)4/h18,20,24,26H,5-17,19,21-23H2,1-4H3/p+1/t24-/m1/s1. The van der Waals surface area contributed by atoms with Gasteiger partial charge in [0.15, 0.2) is 0 Å². The molecule has 0 aromatic rings. The predicted molar refractivity (Wildman–Crippen MR) is 131 cm³/mol. The van der Waals surface area contributed by atoms with E-state index in [9.17, 15) is 14.6 Å². The van der Waals surface area contributed by atoms with Gasteiger partial charge in [0.2, 0.25) is 0 Å². The van der Waals surface area contributed by atoms with Crippen LogP contribution in [-0.2, 0) is 18.3 Å². The maximum absolute atomic E-state index is 11.8. The number of hydrogen-bond donors (Lipinski definition) is 2. The molecule has 2 atom stereocenters. The molecule has 0 amide bonds. The van der Waals surface area contributed by atoms with Crippen LogP contribution in [0.15, 0.2) is 12.3 Å². The Kier molecular flexibility index (Phi) is 19.7. The van der Waals surface area contributed by atoms with Crippen molar-refractivity contribution in [2.24, 2.45) is 0 Å². The molecule has 32 heavy (non-hydrogen) atoms. The normalized spacial score (nSPS) is 15.2. The summed E-state index contributed by atoms with van der Waals surface area (Å²) in [6.45, 7) is 2.63. The number of likely N-dealkylation sites (N-methyl/N-ethyl adjacent to an activating group) is 1. The van der Waals surface area contributed by atoms with E-state index in [0.29, 0.717) is 11.0 Å². The van der Waals surface area contributed by atoms with Crippen LogP contribution in [0.5, 0.6) is 0 Å². The minimum atomic E-state index is -4.15. The molecule has 1 unspecified atom stereocenters. The molecule has 192 valence electrons. The molecule has 0 aliphatic heterocycles. The van der Waals surface area contributed by atoms with Crippen LogP contribution in [0, 0.1) is 0 Å². The van der Waals surface area contributed by atoms with Crippen molar-refractivity contribution in [3.8, 4) is 0 Å². The molecule has 0 aromatic heterocycles. The van der Waals surface area contributed by atoms with Gasteiger partial charge in [0, 0.05) is 0 Å². The number of quaternary nitrogens is 1. The van der Waals surface area contributed by atoms with Crippen molar-refractivity contribution in [3.05, 3.63) is 12.3 Å². The van der Waals surface area contributed by atoms with Crippen molar-refractivity contribution < 1.29 is 32.8 Å². The number of phosphoric acid groups is 1. The van der Waals surface area contributed by atoms with Crippen LogP contribution in [0.4, 0.5) is 0 Å². The Balaban J connectivity index is 3.50. The SMILES string of the molecule is CCCCCCCCCCCCCCC=COC[C@@H](O)COP(=O)(O)OCC[N+](C)(C)C. The van der Waals surface area contributed by atoms with Gasteiger partial charge >= 0.3 is 7.82 Å². The summed E-state index contributed by atoms with van der Waals surface area (Å²) in [5.74, 6) is 0. The number of unbranched alkanes of at least 4 members (excludes halogenated alkanes) is 12. The molecule has 0 spiro atoms. The highest BCUT2D eigenvalue weighted by Gasteiger charge is 2.24. The van der Waals surface area contributed by atoms with Crippen molar-refractivity contribution in [3.63, 3.8) is 0 Å². The van der Waals surface area contributed by atoms with Gasteiger partial charge in [0.1, 0.15) is 25.9 Å². The first kappa shape index (κ1) is 31.6. The third-order valence-electron chi connectivity index (χ3n) is 5.15. The first-order valence-electron chi connectivity index (χ1n) is 12.5. The highest BCUT2D eigenvalue weighted by molar-refractivity contribution is 7.47. The summed E-state index contributed by atoms with van der Waals surface area (Å²) in [5.41, 5.74) is 0. The molecular formula is C24H51NO6P+. The number of nitrogens with zero attached hydrogens (tertiary/aromatic N) is 1. The number of aliphatic hydroxyl groups is 1. The van der Waals surface area contributed by atoms with Crippen LogP contribution in [0.2, 0.25) is 0 Å². The summed E-state index contributed by atoms with van der Waals surface area (Å²) in [6, 6.07) is 0. The third-order valence-corrected chi connectivity index (χ3v) is 6.14. The molecule has 0 radical (unpaired) electrons. The number of hydrogen-bond acceptors (Lipinski definition) is 5. The minimum absolute atomic E-state index is 0.00776. The molecule has 0 aromatic carbocycles. The third kappa shape index (κ3) is 24.2. The van der Waals surface area contributed by atoms with Gasteiger partial charge in [-0.25, -0.2) is 4.57 Å². The van der Waals surface area contributed by atoms with Gasteiger partial charge in [-0.3, -0.25) is 9.05 Å². The lowest BCUT2D eigenvalue weighted by molar-refractivity contribution is -0.870. The van der Waals surface area contributed by atoms with Gasteiger partial charge in [-0.05, 0) is 18.9 Å². The average Bonchev–Trinajstić information content (AvgIpc) is 2.71. The lowest BCUT2D eigenvalue weighted by atomic mass is 10.0. The largest absolute Gasteiger partial charge is 0.499 e. The zero-order valence-electron chi connectivity index (χ0n) is 21.2. The summed E-state index contributed by atoms with van der Waals surface area (Å²) in [5, 5.41) is 9.81. The van der Waals surface area contributed by atoms with E-state index in [2.05, 4.69) is 6.92 Å². The molecule has 0 aliphatic carbocycles. The second kappa shape index (κ2) is 20.0. The lowest BCUT2D eigenvalue weighted by Crippen LogP contribution is -2.37. The lowest BCUT2D eigenvalue weighted by Gasteiger charge is -2.24. The Morgan fingerprint density at radius 2 is 1.38 bits per heavy atom. The monoisotopic (exact) mass is 480 g/mol. The molecule has 0 heterocycles. The molecule has 0 fully saturated rings. The molecule has 0 saturated carbocycles. The van der Waals surface area contributed by atoms with Crippen LogP contribution < -0.4 is 0 Å². The van der Waals surface area contributed by atoms with Crippen molar-refractivity contribution in [2.45, 2.75) is 96.5 Å². The maximum atomic E-state index is 11.8. The second-order valence-electron chi connectivity index (χ2n) is 9.65. The number of phosphoric ester groups is 1. The molecule has 2 N–H and O–H groups in total. The maximum Gasteiger partial charge on any atom is 0.472 e. The number of ether oxygens (including phenoxy) is 1. The van der Waals surface area contributed by atoms with E-state index in [1.54, 1.807) is 6.26 Å². The minimum Gasteiger partial charge on any atom is -0.499 e. The quantitative estimate of drug-likeness (QED) is 0.0831. The summed E-state index contributed by atoms with van der Waals surface area (Å²) in [7, 11) is 1.72. The van der Waals surface area contributed by atoms with Crippen LogP contribution in [0.3, 0.4) is 0 Å². The molecular weight excluding hydrogens is 429 g/mol. The molecule has 0 saturated heterocycles. The number of allylic oxidation sites excluding steroid dienone is 1. The van der Waals surface area contributed by atoms with Crippen molar-refractivity contribution in [2.75, 3.05) is 47.5 Å². The van der Waals surface area contributed by atoms with E-state index in [4.69, 9.17) is 13.8 Å². The molecule has 0 aliphatic rings. The summed E-state index contributed by atoms with van der Waals surface area (Å²) >= 11 is 0. The van der Waals surface area contributed by atoms with Gasteiger partial charge in [0.25, 0.3) is 0 Å². The molecule has 0 rings (SSSR count). The fourth-order valence-electron chi connectivity index (χ4n) is 3.10. The zero-order valence-corrected chi connectivity index (χ0v) is 22.1. The van der Waals surface area contributed by atoms with Crippen molar-refractivity contribution in [1.29, 1.82) is 0 Å². The summed E-state index contributed by atoms with van der Waals surface area (Å²) < 4.78 is 27.4. The Morgan fingerprint density at radius 3 is 1.91 bits per heavy atom. The first-order valence-corrected chi connectivity index (χ1v) is 14.0. The van der Waals surface area contributed by atoms with Gasteiger partial charge in [0.05, 0.1) is 34.0 Å². The summed E-state index contributed by atoms with van der Waals surface area (Å²) in [6.07, 6.45) is 19.5. The first-order chi connectivity index (χ1) is 15.2. The molecule has 7 nitrogen and oxygen atoms in total. The number of rotatable bonds is 23. The highest BCUT2D eigenvalue weighted by Crippen LogP contribution is 2.43. The van der Waals surface area contributed by atoms with Crippen LogP contribution in [-0.4, -0.2) is 68.1 Å². The predicted octanol–water partition coefficient (Wildman–Crippen LogP) is 5.81. The van der Waals surface area contributed by atoms with E-state index < -0.39 is 13.9 Å². The topological polar surface area (TPSA) is 85.2 Å². The van der Waals surface area contributed by atoms with E-state index in [-0.39, 0.29) is 19.8 Å². The van der Waals surface area contributed by atoms with Crippen LogP contribution in [0.1, 0.15) is 90.4 Å². The number of aliphatic hydroxyl groups excluding tert-OH is 1. The second-order valence-corrected chi connectivity index (χ2v) is 11.1. The van der Waals surface area contributed by atoms with E-state index in [1.165, 1.54) is 70.6 Å². The Labute approximate surface area is 197 Å². The van der Waals surface area contributed by atoms with Gasteiger partial charge in [-0.2, -0.15) is 0 Å². The zero-order chi connectivity index (χ0) is 24.1. The molecule has 0 bridgehead atoms. The fourth-order valence-corrected chi connectivity index (χ4v) is 3.85. The highest BCUT2D eigenvalue weighted by atomic mass is 31.2. The van der Waals surface area contributed by atoms with Gasteiger partial charge in [-0.15, -0.1) is 0 Å². The fraction of sp³-hybridized carbons (Fsp3) is 0.917. The van der Waals surface area contributed by atoms with Gasteiger partial charge < -0.3 is 19.2 Å². The molecule has 8 heteroatoms. The Bertz CT molecular complexity index is 495. The summed E-state index contributed by atoms with van der Waals surface area (Å²) in [4.78, 5) is 9.61. The van der Waals surface area contributed by atoms with Crippen molar-refractivity contribution >= 4 is 7.82 Å². The average molecular weight is 481 g/mol. The smallest absolute Gasteiger partial charge is 0.472 e. The van der Waals surface area contributed by atoms with E-state index in [0.717, 1.165) is 12.8 Å². The Morgan fingerprint density at radius 1 is 0.844 bits per heavy atom.